The molecule has 28 heavy (non-hydrogen) atoms. The van der Waals surface area contributed by atoms with Crippen LogP contribution >= 0.6 is 11.6 Å². The number of hydrogen-bond donors (Lipinski definition) is 0. The van der Waals surface area contributed by atoms with E-state index in [0.717, 1.165) is 55.3 Å². The van der Waals surface area contributed by atoms with E-state index in [0.29, 0.717) is 11.6 Å². The Morgan fingerprint density at radius 2 is 1.75 bits per heavy atom. The topological polar surface area (TPSA) is 37.4 Å². The highest BCUT2D eigenvalue weighted by molar-refractivity contribution is 6.30. The quantitative estimate of drug-likeness (QED) is 0.652. The molecule has 1 saturated heterocycles. The molecule has 0 bridgehead atoms. The van der Waals surface area contributed by atoms with Crippen LogP contribution in [0, 0.1) is 0 Å². The molecule has 4 rings (SSSR count). The first-order valence-corrected chi connectivity index (χ1v) is 10.5. The Kier molecular flexibility index (Phi) is 5.29. The largest absolute Gasteiger partial charge is 0.341 e. The molecule has 1 heterocycles. The Morgan fingerprint density at radius 1 is 1.04 bits per heavy atom. The molecule has 1 aliphatic carbocycles. The number of likely N-dealkylation sites (tertiary alicyclic amines) is 1. The fraction of sp³-hybridized carbons (Fsp3) is 0.417. The normalized spacial score (nSPS) is 21.1. The molecule has 2 aromatic carbocycles. The first kappa shape index (κ1) is 19.2. The predicted octanol–water partition coefficient (Wildman–Crippen LogP) is 5.37. The predicted molar refractivity (Wildman–Crippen MR) is 112 cm³/mol. The van der Waals surface area contributed by atoms with Crippen molar-refractivity contribution in [2.75, 3.05) is 13.1 Å². The zero-order valence-electron chi connectivity index (χ0n) is 16.3. The number of rotatable bonds is 4. The van der Waals surface area contributed by atoms with E-state index in [1.165, 1.54) is 0 Å². The Labute approximate surface area is 171 Å². The Balaban J connectivity index is 1.58. The highest BCUT2D eigenvalue weighted by Crippen LogP contribution is 2.46. The fourth-order valence-electron chi connectivity index (χ4n) is 4.82. The lowest BCUT2D eigenvalue weighted by molar-refractivity contribution is -0.142. The minimum absolute atomic E-state index is 0.0932. The lowest BCUT2D eigenvalue weighted by Crippen LogP contribution is -2.53. The third kappa shape index (κ3) is 3.37. The van der Waals surface area contributed by atoms with Crippen molar-refractivity contribution < 1.29 is 9.59 Å². The second-order valence-corrected chi connectivity index (χ2v) is 8.61. The number of amides is 1. The Morgan fingerprint density at radius 3 is 2.39 bits per heavy atom. The van der Waals surface area contributed by atoms with Gasteiger partial charge in [0.1, 0.15) is 0 Å². The fourth-order valence-corrected chi connectivity index (χ4v) is 4.94. The van der Waals surface area contributed by atoms with Crippen LogP contribution in [0.2, 0.25) is 5.02 Å². The molecule has 0 N–H and O–H groups in total. The van der Waals surface area contributed by atoms with Gasteiger partial charge in [0.15, 0.2) is 5.78 Å². The number of carbonyl (C=O) groups is 2. The smallest absolute Gasteiger partial charge is 0.233 e. The molecule has 4 heteroatoms. The van der Waals surface area contributed by atoms with E-state index in [1.54, 1.807) is 6.92 Å². The van der Waals surface area contributed by atoms with Crippen LogP contribution in [0.1, 0.15) is 66.4 Å². The third-order valence-corrected chi connectivity index (χ3v) is 6.75. The highest BCUT2D eigenvalue weighted by atomic mass is 35.5. The minimum atomic E-state index is -0.396. The van der Waals surface area contributed by atoms with Gasteiger partial charge in [-0.2, -0.15) is 0 Å². The summed E-state index contributed by atoms with van der Waals surface area (Å²) in [5, 5.41) is 0.699. The van der Waals surface area contributed by atoms with Gasteiger partial charge in [-0.3, -0.25) is 9.59 Å². The average Bonchev–Trinajstić information content (AvgIpc) is 2.68. The highest BCUT2D eigenvalue weighted by Gasteiger charge is 2.48. The monoisotopic (exact) mass is 395 g/mol. The van der Waals surface area contributed by atoms with Crippen LogP contribution in [0.5, 0.6) is 0 Å². The van der Waals surface area contributed by atoms with Crippen LogP contribution in [0.15, 0.2) is 48.5 Å². The van der Waals surface area contributed by atoms with Crippen LogP contribution < -0.4 is 0 Å². The van der Waals surface area contributed by atoms with Gasteiger partial charge >= 0.3 is 0 Å². The van der Waals surface area contributed by atoms with E-state index in [1.807, 2.05) is 53.4 Å². The van der Waals surface area contributed by atoms with Crippen molar-refractivity contribution in [2.24, 2.45) is 0 Å². The molecule has 1 aliphatic heterocycles. The Hall–Kier alpha value is -2.13. The van der Waals surface area contributed by atoms with Crippen molar-refractivity contribution in [2.45, 2.75) is 50.4 Å². The van der Waals surface area contributed by atoms with Gasteiger partial charge in [0, 0.05) is 29.6 Å². The van der Waals surface area contributed by atoms with E-state index in [2.05, 4.69) is 0 Å². The molecule has 3 nitrogen and oxygen atoms in total. The number of benzene rings is 2. The summed E-state index contributed by atoms with van der Waals surface area (Å²) >= 11 is 6.06. The van der Waals surface area contributed by atoms with Crippen LogP contribution in [0.25, 0.3) is 0 Å². The van der Waals surface area contributed by atoms with Gasteiger partial charge in [-0.15, -0.1) is 0 Å². The molecule has 2 fully saturated rings. The summed E-state index contributed by atoms with van der Waals surface area (Å²) in [5.74, 6) is 0.557. The summed E-state index contributed by atoms with van der Waals surface area (Å²) in [4.78, 5) is 27.7. The molecule has 1 unspecified atom stereocenters. The van der Waals surface area contributed by atoms with Gasteiger partial charge < -0.3 is 4.90 Å². The molecule has 146 valence electrons. The van der Waals surface area contributed by atoms with E-state index in [-0.39, 0.29) is 17.6 Å². The number of piperidine rings is 1. The SMILES string of the molecule is CC(=O)c1ccccc1C1CCCN(C(=O)C2(c3ccc(Cl)cc3)CCC2)C1. The molecule has 1 amide bonds. The van der Waals surface area contributed by atoms with Crippen molar-refractivity contribution in [1.29, 1.82) is 0 Å². The van der Waals surface area contributed by atoms with Gasteiger partial charge in [0.25, 0.3) is 0 Å². The summed E-state index contributed by atoms with van der Waals surface area (Å²) in [6, 6.07) is 15.6. The van der Waals surface area contributed by atoms with Crippen LogP contribution in [0.4, 0.5) is 0 Å². The van der Waals surface area contributed by atoms with E-state index in [9.17, 15) is 9.59 Å². The maximum Gasteiger partial charge on any atom is 0.233 e. The number of hydrogen-bond acceptors (Lipinski definition) is 2. The van der Waals surface area contributed by atoms with Gasteiger partial charge in [-0.05, 0) is 55.9 Å². The standard InChI is InChI=1S/C24H26ClNO2/c1-17(27)21-7-2-3-8-22(21)18-6-4-15-26(16-18)23(28)24(13-5-14-24)19-9-11-20(25)12-10-19/h2-3,7-12,18H,4-6,13-16H2,1H3. The summed E-state index contributed by atoms with van der Waals surface area (Å²) in [6.45, 7) is 3.11. The first-order valence-electron chi connectivity index (χ1n) is 10.2. The average molecular weight is 396 g/mol. The number of Topliss-reactive ketones (excluding diaryl/α,β-unsaturated/α-hetero) is 1. The first-order chi connectivity index (χ1) is 13.5. The van der Waals surface area contributed by atoms with Crippen molar-refractivity contribution in [3.8, 4) is 0 Å². The number of halogens is 1. The van der Waals surface area contributed by atoms with Crippen LogP contribution in [-0.2, 0) is 10.2 Å². The second kappa shape index (κ2) is 7.71. The van der Waals surface area contributed by atoms with Crippen molar-refractivity contribution in [3.63, 3.8) is 0 Å². The minimum Gasteiger partial charge on any atom is -0.341 e. The van der Waals surface area contributed by atoms with Crippen LogP contribution in [-0.4, -0.2) is 29.7 Å². The number of ketones is 1. The van der Waals surface area contributed by atoms with Gasteiger partial charge in [0.2, 0.25) is 5.91 Å². The lowest BCUT2D eigenvalue weighted by atomic mass is 9.63. The van der Waals surface area contributed by atoms with E-state index in [4.69, 9.17) is 11.6 Å². The summed E-state index contributed by atoms with van der Waals surface area (Å²) in [5.41, 5.74) is 2.56. The summed E-state index contributed by atoms with van der Waals surface area (Å²) in [6.07, 6.45) is 4.87. The number of nitrogens with zero attached hydrogens (tertiary/aromatic N) is 1. The van der Waals surface area contributed by atoms with Crippen molar-refractivity contribution in [1.82, 2.24) is 4.90 Å². The number of carbonyl (C=O) groups excluding carboxylic acids is 2. The molecule has 1 atom stereocenters. The zero-order chi connectivity index (χ0) is 19.7. The maximum atomic E-state index is 13.6. The van der Waals surface area contributed by atoms with Crippen molar-refractivity contribution >= 4 is 23.3 Å². The lowest BCUT2D eigenvalue weighted by Gasteiger charge is -2.46. The Bertz CT molecular complexity index is 886. The van der Waals surface area contributed by atoms with Crippen molar-refractivity contribution in [3.05, 3.63) is 70.2 Å². The third-order valence-electron chi connectivity index (χ3n) is 6.50. The summed E-state index contributed by atoms with van der Waals surface area (Å²) < 4.78 is 0. The molecule has 1 saturated carbocycles. The van der Waals surface area contributed by atoms with Gasteiger partial charge in [-0.25, -0.2) is 0 Å². The molecule has 0 aromatic heterocycles. The molecule has 2 aliphatic rings. The molecular formula is C24H26ClNO2. The van der Waals surface area contributed by atoms with Gasteiger partial charge in [0.05, 0.1) is 5.41 Å². The zero-order valence-corrected chi connectivity index (χ0v) is 17.0. The molecule has 0 radical (unpaired) electrons. The van der Waals surface area contributed by atoms with E-state index >= 15 is 0 Å². The molecular weight excluding hydrogens is 370 g/mol. The maximum absolute atomic E-state index is 13.6. The van der Waals surface area contributed by atoms with Crippen LogP contribution in [0.3, 0.4) is 0 Å². The van der Waals surface area contributed by atoms with E-state index < -0.39 is 5.41 Å². The summed E-state index contributed by atoms with van der Waals surface area (Å²) in [7, 11) is 0. The van der Waals surface area contributed by atoms with Gasteiger partial charge in [-0.1, -0.05) is 54.4 Å². The molecule has 0 spiro atoms. The molecule has 2 aromatic rings. The second-order valence-electron chi connectivity index (χ2n) is 8.18.